The molecular formula is C31H30F5O4PS. The second kappa shape index (κ2) is 14.7. The van der Waals surface area contributed by atoms with Crippen molar-refractivity contribution in [2.24, 2.45) is 0 Å². The minimum absolute atomic E-state index is 0.212. The first-order chi connectivity index (χ1) is 19.9. The molecule has 0 aliphatic carbocycles. The molecule has 1 heterocycles. The molecule has 0 radical (unpaired) electrons. The standard InChI is InChI=1S/C22H17OPS.C9H13F5O3/c1-3-8-19(9-4-1)24(20-10-5-2-6-11-20)21-15-13-18(14-16-21)23-22-12-7-17-25-22;1-2-3-4-5-7(10,11)9(13,14)8(12,17)6(15)16/h1-17H;17H,2-5H2,1H3,(H,15,16). The number of aliphatic carboxylic acids is 1. The van der Waals surface area contributed by atoms with E-state index in [2.05, 4.69) is 84.9 Å². The summed E-state index contributed by atoms with van der Waals surface area (Å²) in [6.45, 7) is 1.64. The smallest absolute Gasteiger partial charge is 0.378 e. The summed E-state index contributed by atoms with van der Waals surface area (Å²) < 4.78 is 70.3. The molecule has 0 saturated heterocycles. The number of hydrogen-bond donors (Lipinski definition) is 2. The average molecular weight is 625 g/mol. The molecule has 0 bridgehead atoms. The Morgan fingerprint density at radius 3 is 1.76 bits per heavy atom. The van der Waals surface area contributed by atoms with E-state index < -0.39 is 38.0 Å². The maximum Gasteiger partial charge on any atom is 0.378 e. The van der Waals surface area contributed by atoms with Gasteiger partial charge in [0.1, 0.15) is 5.75 Å². The van der Waals surface area contributed by atoms with Gasteiger partial charge in [0.05, 0.1) is 0 Å². The first-order valence-corrected chi connectivity index (χ1v) is 15.2. The van der Waals surface area contributed by atoms with Gasteiger partial charge in [-0.05, 0) is 59.9 Å². The van der Waals surface area contributed by atoms with Crippen LogP contribution in [0.15, 0.2) is 102 Å². The minimum Gasteiger partial charge on any atom is -0.477 e. The monoisotopic (exact) mass is 624 g/mol. The number of benzene rings is 3. The van der Waals surface area contributed by atoms with E-state index in [-0.39, 0.29) is 12.8 Å². The van der Waals surface area contributed by atoms with E-state index >= 15 is 0 Å². The van der Waals surface area contributed by atoms with Gasteiger partial charge in [0.15, 0.2) is 5.06 Å². The van der Waals surface area contributed by atoms with Gasteiger partial charge in [-0.2, -0.15) is 22.0 Å². The van der Waals surface area contributed by atoms with Crippen LogP contribution in [0.25, 0.3) is 0 Å². The molecule has 0 spiro atoms. The Hall–Kier alpha value is -3.33. The van der Waals surface area contributed by atoms with Crippen LogP contribution in [0.4, 0.5) is 22.0 Å². The summed E-state index contributed by atoms with van der Waals surface area (Å²) >= 11 is 1.60. The van der Waals surface area contributed by atoms with Crippen LogP contribution in [-0.4, -0.2) is 33.9 Å². The van der Waals surface area contributed by atoms with Gasteiger partial charge in [0, 0.05) is 6.42 Å². The fourth-order valence-corrected chi connectivity index (χ4v) is 6.71. The zero-order chi connectivity index (χ0) is 30.8. The summed E-state index contributed by atoms with van der Waals surface area (Å²) in [5.41, 5.74) is 0. The molecular weight excluding hydrogens is 594 g/mol. The van der Waals surface area contributed by atoms with Crippen molar-refractivity contribution in [3.8, 4) is 10.8 Å². The van der Waals surface area contributed by atoms with Crippen LogP contribution in [-0.2, 0) is 4.79 Å². The molecule has 11 heteroatoms. The van der Waals surface area contributed by atoms with Gasteiger partial charge in [-0.1, -0.05) is 92.6 Å². The SMILES string of the molecule is CCCCCC(F)(F)C(F)(F)C(O)(F)C(=O)O.c1ccc(P(c2ccccc2)c2ccc(Oc3cccs3)cc2)cc1. The zero-order valence-electron chi connectivity index (χ0n) is 22.6. The molecule has 3 aromatic carbocycles. The van der Waals surface area contributed by atoms with Crippen molar-refractivity contribution in [1.29, 1.82) is 0 Å². The topological polar surface area (TPSA) is 66.8 Å². The number of hydrogen-bond acceptors (Lipinski definition) is 4. The largest absolute Gasteiger partial charge is 0.477 e. The molecule has 1 aromatic heterocycles. The predicted molar refractivity (Wildman–Crippen MR) is 157 cm³/mol. The Labute approximate surface area is 246 Å². The summed E-state index contributed by atoms with van der Waals surface area (Å²) in [6, 6.07) is 34.0. The molecule has 0 fully saturated rings. The van der Waals surface area contributed by atoms with E-state index in [1.54, 1.807) is 18.3 Å². The third-order valence-electron chi connectivity index (χ3n) is 6.09. The normalized spacial score (nSPS) is 13.1. The van der Waals surface area contributed by atoms with E-state index in [9.17, 15) is 26.7 Å². The first kappa shape index (κ1) is 33.2. The minimum atomic E-state index is -5.68. The first-order valence-electron chi connectivity index (χ1n) is 13.0. The number of carboxylic acids is 1. The second-order valence-electron chi connectivity index (χ2n) is 9.20. The Balaban J connectivity index is 0.000000252. The highest BCUT2D eigenvalue weighted by Gasteiger charge is 2.73. The average Bonchev–Trinajstić information content (AvgIpc) is 3.48. The van der Waals surface area contributed by atoms with Crippen molar-refractivity contribution >= 4 is 41.1 Å². The number of aliphatic hydroxyl groups is 1. The molecule has 224 valence electrons. The molecule has 0 amide bonds. The van der Waals surface area contributed by atoms with Gasteiger partial charge in [-0.15, -0.1) is 11.3 Å². The molecule has 1 unspecified atom stereocenters. The molecule has 4 rings (SSSR count). The van der Waals surface area contributed by atoms with Gasteiger partial charge >= 0.3 is 23.7 Å². The van der Waals surface area contributed by atoms with E-state index in [1.165, 1.54) is 15.9 Å². The van der Waals surface area contributed by atoms with Gasteiger partial charge in [0.25, 0.3) is 0 Å². The lowest BCUT2D eigenvalue weighted by Crippen LogP contribution is -2.60. The zero-order valence-corrected chi connectivity index (χ0v) is 24.3. The van der Waals surface area contributed by atoms with Crippen molar-refractivity contribution in [2.75, 3.05) is 0 Å². The third-order valence-corrected chi connectivity index (χ3v) is 9.28. The van der Waals surface area contributed by atoms with Crippen LogP contribution in [0, 0.1) is 0 Å². The maximum atomic E-state index is 13.0. The Kier molecular flexibility index (Phi) is 11.6. The number of carbonyl (C=O) groups is 1. The van der Waals surface area contributed by atoms with Crippen molar-refractivity contribution in [1.82, 2.24) is 0 Å². The van der Waals surface area contributed by atoms with Crippen LogP contribution in [0.2, 0.25) is 0 Å². The number of unbranched alkanes of at least 4 members (excludes halogenated alkanes) is 2. The molecule has 2 N–H and O–H groups in total. The Morgan fingerprint density at radius 1 is 0.786 bits per heavy atom. The van der Waals surface area contributed by atoms with Gasteiger partial charge in [-0.3, -0.25) is 0 Å². The number of halogens is 5. The third kappa shape index (κ3) is 8.15. The van der Waals surface area contributed by atoms with Gasteiger partial charge in [0.2, 0.25) is 0 Å². The molecule has 0 aliphatic heterocycles. The maximum absolute atomic E-state index is 13.0. The van der Waals surface area contributed by atoms with Gasteiger partial charge < -0.3 is 14.9 Å². The summed E-state index contributed by atoms with van der Waals surface area (Å²) in [5.74, 6) is -18.1. The summed E-state index contributed by atoms with van der Waals surface area (Å²) in [4.78, 5) is 10.0. The van der Waals surface area contributed by atoms with Gasteiger partial charge in [-0.25, -0.2) is 4.79 Å². The van der Waals surface area contributed by atoms with E-state index in [0.29, 0.717) is 6.42 Å². The Bertz CT molecular complexity index is 1330. The van der Waals surface area contributed by atoms with Crippen molar-refractivity contribution < 1.29 is 41.7 Å². The lowest BCUT2D eigenvalue weighted by atomic mass is 9.98. The predicted octanol–water partition coefficient (Wildman–Crippen LogP) is 7.88. The number of ether oxygens (including phenoxy) is 1. The number of alkyl halides is 5. The highest BCUT2D eigenvalue weighted by atomic mass is 32.1. The second-order valence-corrected chi connectivity index (χ2v) is 12.3. The summed E-state index contributed by atoms with van der Waals surface area (Å²) in [7, 11) is -0.561. The fraction of sp³-hybridized carbons (Fsp3) is 0.258. The van der Waals surface area contributed by atoms with E-state index in [0.717, 1.165) is 10.8 Å². The molecule has 1 atom stereocenters. The number of rotatable bonds is 12. The fourth-order valence-electron chi connectivity index (χ4n) is 3.83. The quantitative estimate of drug-likeness (QED) is 0.0957. The number of thiophene rings is 1. The molecule has 0 aliphatic rings. The van der Waals surface area contributed by atoms with E-state index in [4.69, 9.17) is 14.9 Å². The highest BCUT2D eigenvalue weighted by Crippen LogP contribution is 2.46. The number of carboxylic acid groups (broad SMARTS) is 1. The van der Waals surface area contributed by atoms with Crippen LogP contribution in [0.3, 0.4) is 0 Å². The van der Waals surface area contributed by atoms with Crippen molar-refractivity contribution in [3.05, 3.63) is 102 Å². The summed E-state index contributed by atoms with van der Waals surface area (Å²) in [6.07, 6.45) is -1.04. The van der Waals surface area contributed by atoms with Crippen LogP contribution >= 0.6 is 19.3 Å². The van der Waals surface area contributed by atoms with Crippen molar-refractivity contribution in [3.63, 3.8) is 0 Å². The van der Waals surface area contributed by atoms with E-state index in [1.807, 2.05) is 17.5 Å². The lowest BCUT2D eigenvalue weighted by Gasteiger charge is -2.31. The molecule has 4 nitrogen and oxygen atoms in total. The highest BCUT2D eigenvalue weighted by molar-refractivity contribution is 7.79. The molecule has 42 heavy (non-hydrogen) atoms. The van der Waals surface area contributed by atoms with Crippen LogP contribution in [0.1, 0.15) is 32.6 Å². The summed E-state index contributed by atoms with van der Waals surface area (Å²) in [5, 5.41) is 23.3. The molecule has 0 saturated carbocycles. The molecule has 4 aromatic rings. The van der Waals surface area contributed by atoms with Crippen LogP contribution < -0.4 is 20.7 Å². The Morgan fingerprint density at radius 2 is 1.31 bits per heavy atom. The van der Waals surface area contributed by atoms with Crippen LogP contribution in [0.5, 0.6) is 10.8 Å². The van der Waals surface area contributed by atoms with Crippen molar-refractivity contribution in [2.45, 2.75) is 50.3 Å². The lowest BCUT2D eigenvalue weighted by molar-refractivity contribution is -0.327.